The molecule has 2 aromatic carbocycles. The van der Waals surface area contributed by atoms with Gasteiger partial charge in [0.25, 0.3) is 5.91 Å². The number of halogens is 1. The van der Waals surface area contributed by atoms with Gasteiger partial charge in [-0.1, -0.05) is 48.5 Å². The Labute approximate surface area is 204 Å². The van der Waals surface area contributed by atoms with Crippen molar-refractivity contribution < 1.29 is 29.1 Å². The van der Waals surface area contributed by atoms with Crippen molar-refractivity contribution in [3.63, 3.8) is 0 Å². The van der Waals surface area contributed by atoms with Gasteiger partial charge in [0.1, 0.15) is 18.8 Å². The van der Waals surface area contributed by atoms with Gasteiger partial charge in [0, 0.05) is 10.6 Å². The highest BCUT2D eigenvalue weighted by Crippen LogP contribution is 2.39. The van der Waals surface area contributed by atoms with E-state index in [1.165, 1.54) is 9.80 Å². The molecule has 1 N–H and O–H groups in total. The number of ether oxygens (including phenoxy) is 2. The largest absolute Gasteiger partial charge is 0.872 e. The van der Waals surface area contributed by atoms with Crippen molar-refractivity contribution in [3.05, 3.63) is 70.3 Å². The van der Waals surface area contributed by atoms with Gasteiger partial charge in [0.05, 0.1) is 39.0 Å². The minimum atomic E-state index is -0.746. The summed E-state index contributed by atoms with van der Waals surface area (Å²) in [5, 5.41) is 13.9. The fourth-order valence-electron chi connectivity index (χ4n) is 4.36. The third-order valence-electron chi connectivity index (χ3n) is 6.21. The highest BCUT2D eigenvalue weighted by molar-refractivity contribution is 6.46. The van der Waals surface area contributed by atoms with Crippen LogP contribution in [0.3, 0.4) is 0 Å². The van der Waals surface area contributed by atoms with Crippen molar-refractivity contribution in [1.82, 2.24) is 4.90 Å². The summed E-state index contributed by atoms with van der Waals surface area (Å²) in [7, 11) is 0. The lowest BCUT2D eigenvalue weighted by molar-refractivity contribution is -0.907. The molecule has 2 aromatic rings. The van der Waals surface area contributed by atoms with Crippen LogP contribution in [0.25, 0.3) is 5.76 Å². The molecule has 1 atom stereocenters. The lowest BCUT2D eigenvalue weighted by atomic mass is 9.95. The van der Waals surface area contributed by atoms with Crippen LogP contribution in [0.2, 0.25) is 5.02 Å². The van der Waals surface area contributed by atoms with E-state index < -0.39 is 23.5 Å². The first-order valence-corrected chi connectivity index (χ1v) is 12.0. The molecule has 180 valence electrons. The topological polar surface area (TPSA) is 83.3 Å². The van der Waals surface area contributed by atoms with Gasteiger partial charge in [0.2, 0.25) is 5.78 Å². The zero-order valence-corrected chi connectivity index (χ0v) is 20.0. The number of morpholine rings is 1. The molecule has 0 bridgehead atoms. The van der Waals surface area contributed by atoms with E-state index in [-0.39, 0.29) is 5.57 Å². The molecule has 2 heterocycles. The van der Waals surface area contributed by atoms with E-state index >= 15 is 0 Å². The molecule has 2 fully saturated rings. The van der Waals surface area contributed by atoms with Crippen molar-refractivity contribution in [2.45, 2.75) is 19.4 Å². The fourth-order valence-corrected chi connectivity index (χ4v) is 4.49. The molecule has 2 aliphatic rings. The zero-order valence-electron chi connectivity index (χ0n) is 19.2. The van der Waals surface area contributed by atoms with Crippen molar-refractivity contribution >= 4 is 29.1 Å². The van der Waals surface area contributed by atoms with Gasteiger partial charge in [0.15, 0.2) is 0 Å². The number of hydrogen-bond acceptors (Lipinski definition) is 5. The second kappa shape index (κ2) is 11.0. The molecule has 2 saturated heterocycles. The van der Waals surface area contributed by atoms with Crippen LogP contribution in [0.5, 0.6) is 5.75 Å². The van der Waals surface area contributed by atoms with Gasteiger partial charge in [-0.05, 0) is 41.8 Å². The van der Waals surface area contributed by atoms with E-state index in [4.69, 9.17) is 21.1 Å². The Morgan fingerprint density at radius 3 is 2.44 bits per heavy atom. The van der Waals surface area contributed by atoms with Crippen LogP contribution in [-0.2, 0) is 14.3 Å². The minimum absolute atomic E-state index is 0.0217. The summed E-state index contributed by atoms with van der Waals surface area (Å²) < 4.78 is 11.1. The first-order valence-electron chi connectivity index (χ1n) is 11.7. The first-order chi connectivity index (χ1) is 16.5. The maximum atomic E-state index is 13.4. The molecule has 0 aliphatic carbocycles. The fraction of sp³-hybridized carbons (Fsp3) is 0.385. The summed E-state index contributed by atoms with van der Waals surface area (Å²) in [5.74, 6) is -1.13. The summed E-state index contributed by atoms with van der Waals surface area (Å²) in [4.78, 5) is 29.1. The Morgan fingerprint density at radius 1 is 1.12 bits per heavy atom. The number of quaternary nitrogens is 1. The number of ketones is 1. The molecule has 34 heavy (non-hydrogen) atoms. The molecule has 1 amide bonds. The van der Waals surface area contributed by atoms with Crippen LogP contribution in [0, 0.1) is 0 Å². The van der Waals surface area contributed by atoms with Gasteiger partial charge in [-0.25, -0.2) is 0 Å². The summed E-state index contributed by atoms with van der Waals surface area (Å²) in [5.41, 5.74) is 1.01. The molecule has 0 radical (unpaired) electrons. The second-order valence-electron chi connectivity index (χ2n) is 8.51. The van der Waals surface area contributed by atoms with E-state index in [1.54, 1.807) is 24.3 Å². The average Bonchev–Trinajstić information content (AvgIpc) is 3.12. The number of likely N-dealkylation sites (tertiary alicyclic amines) is 1. The Hall–Kier alpha value is -2.87. The number of amides is 1. The second-order valence-corrected chi connectivity index (χ2v) is 8.95. The van der Waals surface area contributed by atoms with Crippen LogP contribution >= 0.6 is 11.6 Å². The predicted molar refractivity (Wildman–Crippen MR) is 126 cm³/mol. The van der Waals surface area contributed by atoms with Gasteiger partial charge < -0.3 is 24.4 Å². The number of hydrogen-bond donors (Lipinski definition) is 1. The number of rotatable bonds is 8. The van der Waals surface area contributed by atoms with Gasteiger partial charge in [-0.2, -0.15) is 0 Å². The highest BCUT2D eigenvalue weighted by Gasteiger charge is 2.44. The molecule has 0 spiro atoms. The third-order valence-corrected chi connectivity index (χ3v) is 6.46. The number of carbonyl (C=O) groups is 2. The van der Waals surface area contributed by atoms with Gasteiger partial charge >= 0.3 is 0 Å². The average molecular weight is 485 g/mol. The Kier molecular flexibility index (Phi) is 7.88. The van der Waals surface area contributed by atoms with Gasteiger partial charge in [-0.3, -0.25) is 9.59 Å². The van der Waals surface area contributed by atoms with Gasteiger partial charge in [-0.15, -0.1) is 0 Å². The van der Waals surface area contributed by atoms with E-state index in [1.807, 2.05) is 31.2 Å². The zero-order chi connectivity index (χ0) is 24.1. The summed E-state index contributed by atoms with van der Waals surface area (Å²) in [6.07, 6.45) is 0.887. The first kappa shape index (κ1) is 24.3. The lowest BCUT2D eigenvalue weighted by Gasteiger charge is -2.30. The molecule has 4 rings (SSSR count). The molecular weight excluding hydrogens is 456 g/mol. The highest BCUT2D eigenvalue weighted by atomic mass is 35.5. The standard InChI is InChI=1S/C26H29ClN2O5/c1-2-15-34-21-9-5-18(6-10-21)23-22(24(30)19-3-7-20(27)8-4-19)25(31)26(32)29(23)12-11-28-13-16-33-17-14-28/h3-10,23,30H,2,11-17H2,1H3/b24-22+. The number of nitrogens with zero attached hydrogens (tertiary/aromatic N) is 1. The summed E-state index contributed by atoms with van der Waals surface area (Å²) >= 11 is 5.97. The minimum Gasteiger partial charge on any atom is -0.872 e. The molecular formula is C26H29ClN2O5. The van der Waals surface area contributed by atoms with Crippen LogP contribution < -0.4 is 14.7 Å². The quantitative estimate of drug-likeness (QED) is 0.346. The van der Waals surface area contributed by atoms with Crippen LogP contribution in [0.4, 0.5) is 0 Å². The number of nitrogens with one attached hydrogen (secondary N) is 1. The SMILES string of the molecule is CCCOc1ccc(C2/C(=C(\[O-])c3ccc(Cl)cc3)C(=O)C(=O)N2CC[NH+]2CCOCC2)cc1. The molecule has 8 heteroatoms. The van der Waals surface area contributed by atoms with E-state index in [0.29, 0.717) is 54.8 Å². The molecule has 0 saturated carbocycles. The Bertz CT molecular complexity index is 1050. The van der Waals surface area contributed by atoms with Crippen molar-refractivity contribution in [2.24, 2.45) is 0 Å². The molecule has 2 aliphatic heterocycles. The van der Waals surface area contributed by atoms with E-state index in [0.717, 1.165) is 19.5 Å². The lowest BCUT2D eigenvalue weighted by Crippen LogP contribution is -3.14. The molecule has 0 aromatic heterocycles. The normalized spacial score (nSPS) is 20.6. The third kappa shape index (κ3) is 5.27. The smallest absolute Gasteiger partial charge is 0.295 e. The van der Waals surface area contributed by atoms with E-state index in [9.17, 15) is 14.7 Å². The predicted octanol–water partition coefficient (Wildman–Crippen LogP) is 1.27. The monoisotopic (exact) mass is 484 g/mol. The maximum Gasteiger partial charge on any atom is 0.295 e. The van der Waals surface area contributed by atoms with Crippen LogP contribution in [0.15, 0.2) is 54.1 Å². The van der Waals surface area contributed by atoms with E-state index in [2.05, 4.69) is 0 Å². The number of benzene rings is 2. The summed E-state index contributed by atoms with van der Waals surface area (Å²) in [6, 6.07) is 12.9. The van der Waals surface area contributed by atoms with Crippen LogP contribution in [-0.4, -0.2) is 62.6 Å². The maximum absolute atomic E-state index is 13.4. The van der Waals surface area contributed by atoms with Crippen molar-refractivity contribution in [2.75, 3.05) is 46.0 Å². The van der Waals surface area contributed by atoms with Crippen LogP contribution in [0.1, 0.15) is 30.5 Å². The number of Topliss-reactive ketones (excluding diaryl/α,β-unsaturated/α-hetero) is 1. The summed E-state index contributed by atoms with van der Waals surface area (Å²) in [6.45, 7) is 6.74. The molecule has 1 unspecified atom stereocenters. The number of carbonyl (C=O) groups excluding carboxylic acids is 2. The van der Waals surface area contributed by atoms with Crippen molar-refractivity contribution in [1.29, 1.82) is 0 Å². The Balaban J connectivity index is 1.69. The van der Waals surface area contributed by atoms with Crippen molar-refractivity contribution in [3.8, 4) is 5.75 Å². The Morgan fingerprint density at radius 2 is 1.79 bits per heavy atom. The molecule has 7 nitrogen and oxygen atoms in total.